The highest BCUT2D eigenvalue weighted by Gasteiger charge is 2.24. The minimum atomic E-state index is -0.0125. The van der Waals surface area contributed by atoms with E-state index < -0.39 is 0 Å². The molecule has 0 fully saturated rings. The molecule has 1 aliphatic heterocycles. The van der Waals surface area contributed by atoms with Crippen molar-refractivity contribution in [1.82, 2.24) is 16.0 Å². The zero-order chi connectivity index (χ0) is 27.5. The lowest BCUT2D eigenvalue weighted by Crippen LogP contribution is -2.41. The van der Waals surface area contributed by atoms with Crippen LogP contribution in [0.1, 0.15) is 44.2 Å². The summed E-state index contributed by atoms with van der Waals surface area (Å²) in [6.45, 7) is 19.1. The minimum Gasteiger partial charge on any atom is -0.401 e. The van der Waals surface area contributed by atoms with Crippen LogP contribution in [-0.2, 0) is 12.8 Å². The number of hydrogen-bond donors (Lipinski definition) is 5. The van der Waals surface area contributed by atoms with Crippen LogP contribution >= 0.6 is 0 Å². The van der Waals surface area contributed by atoms with Gasteiger partial charge in [0.2, 0.25) is 0 Å². The minimum absolute atomic E-state index is 0.0125. The first-order valence-corrected chi connectivity index (χ1v) is 13.9. The first-order chi connectivity index (χ1) is 18.3. The van der Waals surface area contributed by atoms with Gasteiger partial charge in [0.15, 0.2) is 0 Å². The number of fused-ring (bicyclic) bond motifs is 5. The largest absolute Gasteiger partial charge is 0.401 e. The first-order valence-electron chi connectivity index (χ1n) is 13.9. The predicted octanol–water partition coefficient (Wildman–Crippen LogP) is 5.37. The van der Waals surface area contributed by atoms with E-state index in [1.165, 1.54) is 22.3 Å². The second-order valence-electron chi connectivity index (χ2n) is 10.6. The Morgan fingerprint density at radius 1 is 1.03 bits per heavy atom. The molecule has 2 aromatic rings. The molecule has 38 heavy (non-hydrogen) atoms. The van der Waals surface area contributed by atoms with Crippen LogP contribution in [0, 0.1) is 11.8 Å². The van der Waals surface area contributed by atoms with Crippen molar-refractivity contribution >= 4 is 0 Å². The summed E-state index contributed by atoms with van der Waals surface area (Å²) in [6.07, 6.45) is 6.89. The molecule has 0 saturated carbocycles. The molecular weight excluding hydrogens is 466 g/mol. The van der Waals surface area contributed by atoms with Gasteiger partial charge in [0, 0.05) is 28.7 Å². The van der Waals surface area contributed by atoms with Crippen molar-refractivity contribution < 1.29 is 0 Å². The van der Waals surface area contributed by atoms with Crippen molar-refractivity contribution in [3.8, 4) is 11.1 Å². The average molecular weight is 514 g/mol. The fraction of sp³-hybridized carbons (Fsp3) is 0.394. The topological polar surface area (TPSA) is 88.1 Å². The summed E-state index contributed by atoms with van der Waals surface area (Å²) >= 11 is 0. The van der Waals surface area contributed by atoms with E-state index in [0.29, 0.717) is 37.2 Å². The van der Waals surface area contributed by atoms with Crippen molar-refractivity contribution in [2.24, 2.45) is 23.3 Å². The summed E-state index contributed by atoms with van der Waals surface area (Å²) in [5.74, 6) is 0.740. The van der Waals surface area contributed by atoms with E-state index in [9.17, 15) is 0 Å². The van der Waals surface area contributed by atoms with Crippen LogP contribution in [0.5, 0.6) is 0 Å². The lowest BCUT2D eigenvalue weighted by Gasteiger charge is -2.31. The second-order valence-corrected chi connectivity index (χ2v) is 10.6. The van der Waals surface area contributed by atoms with Crippen LogP contribution < -0.4 is 27.4 Å². The SMILES string of the molecule is C=C(N)CN/C(=C\CC)CNC(=C)C1Cc2cccc(c2)-c2cccc(c2)CC(C)[C@@H](CCCN)C(=C)N1. The number of benzene rings is 2. The molecule has 7 N–H and O–H groups in total. The number of nitrogens with one attached hydrogen (secondary N) is 3. The Morgan fingerprint density at radius 3 is 2.29 bits per heavy atom. The zero-order valence-electron chi connectivity index (χ0n) is 23.4. The van der Waals surface area contributed by atoms with Crippen molar-refractivity contribution in [3.63, 3.8) is 0 Å². The molecule has 0 amide bonds. The molecule has 1 aliphatic rings. The van der Waals surface area contributed by atoms with Crippen LogP contribution in [0.4, 0.5) is 0 Å². The summed E-state index contributed by atoms with van der Waals surface area (Å²) in [6, 6.07) is 17.8. The summed E-state index contributed by atoms with van der Waals surface area (Å²) in [5, 5.41) is 10.7. The standard InChI is InChI=1S/C33H47N5/c1-6-10-31(37-21-24(3)35)22-36-26(5)33-20-28-12-8-14-30(19-28)29-13-7-11-27(18-29)17-23(2)32(15-9-16-34)25(4)38-33/h7-8,10-14,18-19,23,32-33,36-38H,3-6,9,15-17,20-22,34-35H2,1-2H3/b31-10-/t23?,32-,33?/m1/s1. The Balaban J connectivity index is 1.90. The van der Waals surface area contributed by atoms with Gasteiger partial charge in [-0.1, -0.05) is 88.2 Å². The van der Waals surface area contributed by atoms with Crippen LogP contribution in [0.2, 0.25) is 0 Å². The maximum Gasteiger partial charge on any atom is 0.0691 e. The van der Waals surface area contributed by atoms with Crippen LogP contribution in [-0.4, -0.2) is 25.7 Å². The van der Waals surface area contributed by atoms with Crippen molar-refractivity contribution in [2.45, 2.75) is 52.0 Å². The highest BCUT2D eigenvalue weighted by molar-refractivity contribution is 5.65. The molecule has 3 atom stereocenters. The lowest BCUT2D eigenvalue weighted by atomic mass is 9.82. The number of hydrogen-bond acceptors (Lipinski definition) is 5. The number of rotatable bonds is 11. The third kappa shape index (κ3) is 8.56. The van der Waals surface area contributed by atoms with E-state index in [2.05, 4.69) is 104 Å². The van der Waals surface area contributed by atoms with Crippen molar-refractivity contribution in [1.29, 1.82) is 0 Å². The van der Waals surface area contributed by atoms with E-state index in [4.69, 9.17) is 11.5 Å². The van der Waals surface area contributed by atoms with E-state index in [0.717, 1.165) is 49.2 Å². The van der Waals surface area contributed by atoms with Gasteiger partial charge in [0.05, 0.1) is 19.1 Å². The van der Waals surface area contributed by atoms with Crippen LogP contribution in [0.25, 0.3) is 11.1 Å². The molecule has 0 aliphatic carbocycles. The summed E-state index contributed by atoms with van der Waals surface area (Å²) in [5.41, 5.74) is 20.5. The third-order valence-corrected chi connectivity index (χ3v) is 7.32. The van der Waals surface area contributed by atoms with Crippen molar-refractivity contribution in [3.05, 3.63) is 108 Å². The Bertz CT molecular complexity index is 1130. The van der Waals surface area contributed by atoms with E-state index in [1.807, 2.05) is 0 Å². The smallest absolute Gasteiger partial charge is 0.0691 e. The fourth-order valence-corrected chi connectivity index (χ4v) is 5.25. The molecule has 0 saturated heterocycles. The Kier molecular flexibility index (Phi) is 11.1. The Labute approximate surface area is 230 Å². The molecular formula is C33H47N5. The summed E-state index contributed by atoms with van der Waals surface area (Å²) in [4.78, 5) is 0. The molecule has 4 bridgehead atoms. The summed E-state index contributed by atoms with van der Waals surface area (Å²) in [7, 11) is 0. The van der Waals surface area contributed by atoms with Gasteiger partial charge in [0.1, 0.15) is 0 Å². The van der Waals surface area contributed by atoms with Gasteiger partial charge in [-0.05, 0) is 66.8 Å². The van der Waals surface area contributed by atoms with Crippen molar-refractivity contribution in [2.75, 3.05) is 19.6 Å². The Morgan fingerprint density at radius 2 is 1.68 bits per heavy atom. The normalized spacial score (nSPS) is 19.8. The van der Waals surface area contributed by atoms with Gasteiger partial charge < -0.3 is 27.4 Å². The molecule has 0 aromatic heterocycles. The number of allylic oxidation sites excluding steroid dienone is 2. The van der Waals surface area contributed by atoms with Gasteiger partial charge in [-0.2, -0.15) is 0 Å². The van der Waals surface area contributed by atoms with Gasteiger partial charge in [-0.3, -0.25) is 0 Å². The van der Waals surface area contributed by atoms with Crippen LogP contribution in [0.3, 0.4) is 0 Å². The highest BCUT2D eigenvalue weighted by atomic mass is 15.0. The molecule has 204 valence electrons. The van der Waals surface area contributed by atoms with Gasteiger partial charge in [-0.15, -0.1) is 0 Å². The first kappa shape index (κ1) is 29.1. The molecule has 3 rings (SSSR count). The van der Waals surface area contributed by atoms with E-state index >= 15 is 0 Å². The lowest BCUT2D eigenvalue weighted by molar-refractivity contribution is 0.352. The van der Waals surface area contributed by atoms with E-state index in [-0.39, 0.29) is 6.04 Å². The summed E-state index contributed by atoms with van der Waals surface area (Å²) < 4.78 is 0. The second kappa shape index (κ2) is 14.5. The molecule has 0 radical (unpaired) electrons. The van der Waals surface area contributed by atoms with Gasteiger partial charge >= 0.3 is 0 Å². The Hall–Kier alpha value is -3.44. The van der Waals surface area contributed by atoms with E-state index in [1.54, 1.807) is 0 Å². The average Bonchev–Trinajstić information content (AvgIpc) is 2.90. The quantitative estimate of drug-likeness (QED) is 0.279. The van der Waals surface area contributed by atoms with Gasteiger partial charge in [-0.25, -0.2) is 0 Å². The zero-order valence-corrected chi connectivity index (χ0v) is 23.4. The highest BCUT2D eigenvalue weighted by Crippen LogP contribution is 2.30. The van der Waals surface area contributed by atoms with Crippen LogP contribution in [0.15, 0.2) is 97.1 Å². The maximum absolute atomic E-state index is 5.93. The fourth-order valence-electron chi connectivity index (χ4n) is 5.25. The monoisotopic (exact) mass is 513 g/mol. The molecule has 5 heteroatoms. The predicted molar refractivity (Wildman–Crippen MR) is 163 cm³/mol. The number of nitrogens with two attached hydrogens (primary N) is 2. The molecule has 2 unspecified atom stereocenters. The third-order valence-electron chi connectivity index (χ3n) is 7.32. The van der Waals surface area contributed by atoms with Gasteiger partial charge in [0.25, 0.3) is 0 Å². The molecule has 0 spiro atoms. The molecule has 2 aromatic carbocycles. The molecule has 5 nitrogen and oxygen atoms in total. The maximum atomic E-state index is 5.93. The molecule has 1 heterocycles.